The standard InChI is InChI=1S/C15H14BrClN6O2/c1-22-8-4-3-7(16)5-9(8)23(2)10(22)6-25-15(24)11-13(18)21-14(19)12(17)20-11/h3-5H,6H2,1-2H3,(H3-,18,19,21,24)/p+1. The molecule has 3 aromatic rings. The van der Waals surface area contributed by atoms with Gasteiger partial charge in [0.15, 0.2) is 40.1 Å². The average Bonchev–Trinajstić information content (AvgIpc) is 2.79. The van der Waals surface area contributed by atoms with E-state index in [0.717, 1.165) is 21.3 Å². The summed E-state index contributed by atoms with van der Waals surface area (Å²) in [5.41, 5.74) is 13.0. The van der Waals surface area contributed by atoms with E-state index in [4.69, 9.17) is 27.8 Å². The van der Waals surface area contributed by atoms with Crippen LogP contribution in [0.3, 0.4) is 0 Å². The molecule has 0 spiro atoms. The summed E-state index contributed by atoms with van der Waals surface area (Å²) in [7, 11) is 3.79. The van der Waals surface area contributed by atoms with Crippen LogP contribution < -0.4 is 16.0 Å². The summed E-state index contributed by atoms with van der Waals surface area (Å²) in [4.78, 5) is 19.9. The number of esters is 1. The second kappa shape index (κ2) is 6.49. The molecule has 130 valence electrons. The van der Waals surface area contributed by atoms with Gasteiger partial charge < -0.3 is 16.2 Å². The highest BCUT2D eigenvalue weighted by molar-refractivity contribution is 9.10. The molecule has 2 aromatic heterocycles. The van der Waals surface area contributed by atoms with Gasteiger partial charge >= 0.3 is 5.97 Å². The van der Waals surface area contributed by atoms with Crippen LogP contribution in [0.15, 0.2) is 22.7 Å². The highest BCUT2D eigenvalue weighted by Crippen LogP contribution is 2.20. The van der Waals surface area contributed by atoms with Crippen molar-refractivity contribution in [3.63, 3.8) is 0 Å². The monoisotopic (exact) mass is 425 g/mol. The number of nitrogens with two attached hydrogens (primary N) is 2. The van der Waals surface area contributed by atoms with E-state index in [1.54, 1.807) is 0 Å². The Morgan fingerprint density at radius 3 is 2.80 bits per heavy atom. The normalized spacial score (nSPS) is 11.0. The molecule has 0 amide bonds. The maximum atomic E-state index is 12.3. The van der Waals surface area contributed by atoms with Crippen molar-refractivity contribution in [3.05, 3.63) is 39.3 Å². The van der Waals surface area contributed by atoms with E-state index in [0.29, 0.717) is 0 Å². The second-order valence-corrected chi connectivity index (χ2v) is 6.65. The van der Waals surface area contributed by atoms with Gasteiger partial charge in [-0.3, -0.25) is 0 Å². The number of imidazole rings is 1. The van der Waals surface area contributed by atoms with Crippen LogP contribution >= 0.6 is 27.5 Å². The van der Waals surface area contributed by atoms with E-state index in [1.807, 2.05) is 41.4 Å². The molecular formula is C15H15BrClN6O2+. The Balaban J connectivity index is 1.88. The third-order valence-electron chi connectivity index (χ3n) is 3.87. The first-order valence-electron chi connectivity index (χ1n) is 7.18. The lowest BCUT2D eigenvalue weighted by molar-refractivity contribution is -0.655. The molecule has 0 bridgehead atoms. The van der Waals surface area contributed by atoms with Crippen LogP contribution in [0.5, 0.6) is 0 Å². The topological polar surface area (TPSA) is 113 Å². The fraction of sp³-hybridized carbons (Fsp3) is 0.200. The molecule has 0 aliphatic rings. The first kappa shape index (κ1) is 17.4. The molecule has 0 saturated heterocycles. The molecule has 0 unspecified atom stereocenters. The number of rotatable bonds is 3. The summed E-state index contributed by atoms with van der Waals surface area (Å²) in [6, 6.07) is 5.92. The lowest BCUT2D eigenvalue weighted by atomic mass is 10.3. The van der Waals surface area contributed by atoms with Gasteiger partial charge in [0.25, 0.3) is 5.82 Å². The molecule has 25 heavy (non-hydrogen) atoms. The first-order valence-corrected chi connectivity index (χ1v) is 8.35. The summed E-state index contributed by atoms with van der Waals surface area (Å²) in [6.45, 7) is 0.0290. The van der Waals surface area contributed by atoms with Crippen molar-refractivity contribution in [3.8, 4) is 0 Å². The predicted octanol–water partition coefficient (Wildman–Crippen LogP) is 1.73. The number of nitrogen functional groups attached to an aromatic ring is 2. The Morgan fingerprint density at radius 2 is 2.08 bits per heavy atom. The third kappa shape index (κ3) is 3.12. The largest absolute Gasteiger partial charge is 0.448 e. The first-order chi connectivity index (χ1) is 11.8. The Hall–Kier alpha value is -2.39. The Labute approximate surface area is 156 Å². The van der Waals surface area contributed by atoms with E-state index in [-0.39, 0.29) is 29.1 Å². The minimum Gasteiger partial charge on any atom is -0.448 e. The Kier molecular flexibility index (Phi) is 4.53. The summed E-state index contributed by atoms with van der Waals surface area (Å²) < 4.78 is 10.2. The van der Waals surface area contributed by atoms with Gasteiger partial charge in [0.2, 0.25) is 0 Å². The third-order valence-corrected chi connectivity index (χ3v) is 4.64. The van der Waals surface area contributed by atoms with Crippen LogP contribution in [-0.2, 0) is 25.4 Å². The van der Waals surface area contributed by atoms with Crippen molar-refractivity contribution in [2.75, 3.05) is 11.5 Å². The molecule has 0 aliphatic heterocycles. The number of carbonyl (C=O) groups is 1. The van der Waals surface area contributed by atoms with Crippen molar-refractivity contribution in [2.24, 2.45) is 14.1 Å². The number of aromatic nitrogens is 4. The van der Waals surface area contributed by atoms with Gasteiger partial charge in [-0.1, -0.05) is 27.5 Å². The SMILES string of the molecule is Cn1c(COC(=O)c2nc(Cl)c(N)nc2N)[n+](C)c2ccc(Br)cc21. The minimum atomic E-state index is -0.724. The van der Waals surface area contributed by atoms with Crippen LogP contribution in [0.2, 0.25) is 5.15 Å². The fourth-order valence-electron chi connectivity index (χ4n) is 2.54. The average molecular weight is 427 g/mol. The lowest BCUT2D eigenvalue weighted by Crippen LogP contribution is -2.33. The molecule has 1 aromatic carbocycles. The molecular weight excluding hydrogens is 412 g/mol. The summed E-state index contributed by atoms with van der Waals surface area (Å²) in [5.74, 6) is -0.105. The fourth-order valence-corrected chi connectivity index (χ4v) is 3.01. The van der Waals surface area contributed by atoms with Crippen molar-refractivity contribution >= 4 is 56.2 Å². The number of fused-ring (bicyclic) bond motifs is 1. The van der Waals surface area contributed by atoms with Crippen LogP contribution in [-0.4, -0.2) is 20.5 Å². The number of hydrogen-bond acceptors (Lipinski definition) is 6. The van der Waals surface area contributed by atoms with Crippen LogP contribution in [0.1, 0.15) is 16.3 Å². The maximum absolute atomic E-state index is 12.3. The van der Waals surface area contributed by atoms with Crippen LogP contribution in [0, 0.1) is 0 Å². The highest BCUT2D eigenvalue weighted by atomic mass is 79.9. The highest BCUT2D eigenvalue weighted by Gasteiger charge is 2.24. The second-order valence-electron chi connectivity index (χ2n) is 5.38. The van der Waals surface area contributed by atoms with Gasteiger partial charge in [0, 0.05) is 10.5 Å². The summed E-state index contributed by atoms with van der Waals surface area (Å²) in [6.07, 6.45) is 0. The number of ether oxygens (including phenoxy) is 1. The molecule has 8 nitrogen and oxygen atoms in total. The molecule has 4 N–H and O–H groups in total. The molecule has 2 heterocycles. The van der Waals surface area contributed by atoms with Crippen molar-refractivity contribution in [1.29, 1.82) is 0 Å². The maximum Gasteiger partial charge on any atom is 0.361 e. The lowest BCUT2D eigenvalue weighted by Gasteiger charge is -2.06. The van der Waals surface area contributed by atoms with E-state index in [2.05, 4.69) is 25.9 Å². The van der Waals surface area contributed by atoms with Crippen LogP contribution in [0.4, 0.5) is 11.6 Å². The van der Waals surface area contributed by atoms with E-state index in [1.165, 1.54) is 0 Å². The Bertz CT molecular complexity index is 1000. The minimum absolute atomic E-state index is 0.0290. The number of nitrogens with zero attached hydrogens (tertiary/aromatic N) is 4. The van der Waals surface area contributed by atoms with Gasteiger partial charge in [0.1, 0.15) is 0 Å². The van der Waals surface area contributed by atoms with Crippen LogP contribution in [0.25, 0.3) is 11.0 Å². The number of anilines is 2. The summed E-state index contributed by atoms with van der Waals surface area (Å²) >= 11 is 9.25. The molecule has 0 fully saturated rings. The molecule has 0 aliphatic carbocycles. The van der Waals surface area contributed by atoms with Gasteiger partial charge in [-0.05, 0) is 12.1 Å². The molecule has 0 saturated carbocycles. The Morgan fingerprint density at radius 1 is 1.36 bits per heavy atom. The van der Waals surface area contributed by atoms with Gasteiger partial charge in [-0.25, -0.2) is 23.9 Å². The van der Waals surface area contributed by atoms with Crippen molar-refractivity contribution in [2.45, 2.75) is 6.61 Å². The van der Waals surface area contributed by atoms with Gasteiger partial charge in [-0.15, -0.1) is 0 Å². The zero-order chi connectivity index (χ0) is 18.3. The number of aryl methyl sites for hydroxylation is 2. The van der Waals surface area contributed by atoms with E-state index < -0.39 is 5.97 Å². The number of benzene rings is 1. The molecule has 0 atom stereocenters. The predicted molar refractivity (Wildman–Crippen MR) is 96.8 cm³/mol. The zero-order valence-corrected chi connectivity index (χ0v) is 15.8. The number of hydrogen-bond donors (Lipinski definition) is 2. The van der Waals surface area contributed by atoms with E-state index in [9.17, 15) is 4.79 Å². The summed E-state index contributed by atoms with van der Waals surface area (Å²) in [5, 5.41) is -0.0961. The number of halogens is 2. The van der Waals surface area contributed by atoms with Crippen molar-refractivity contribution < 1.29 is 14.1 Å². The van der Waals surface area contributed by atoms with Gasteiger partial charge in [-0.2, -0.15) is 0 Å². The molecule has 3 rings (SSSR count). The smallest absolute Gasteiger partial charge is 0.361 e. The van der Waals surface area contributed by atoms with Crippen molar-refractivity contribution in [1.82, 2.24) is 14.5 Å². The quantitative estimate of drug-likeness (QED) is 0.487. The van der Waals surface area contributed by atoms with E-state index >= 15 is 0 Å². The zero-order valence-electron chi connectivity index (χ0n) is 13.5. The molecule has 10 heteroatoms. The molecule has 0 radical (unpaired) electrons. The number of carbonyl (C=O) groups excluding carboxylic acids is 1. The van der Waals surface area contributed by atoms with Gasteiger partial charge in [0.05, 0.1) is 14.1 Å².